The molecule has 3 unspecified atom stereocenters. The van der Waals surface area contributed by atoms with Crippen LogP contribution in [0.4, 0.5) is 8.78 Å². The minimum atomic E-state index is -0.529. The van der Waals surface area contributed by atoms with E-state index in [1.54, 1.807) is 0 Å². The second-order valence-corrected chi connectivity index (χ2v) is 8.35. The van der Waals surface area contributed by atoms with Gasteiger partial charge in [-0.15, -0.1) is 0 Å². The van der Waals surface area contributed by atoms with E-state index < -0.39 is 11.6 Å². The highest BCUT2D eigenvalue weighted by Gasteiger charge is 2.25. The van der Waals surface area contributed by atoms with E-state index >= 15 is 0 Å². The first-order valence-electron chi connectivity index (χ1n) is 9.60. The maximum Gasteiger partial charge on any atom is 0.231 e. The second-order valence-electron chi connectivity index (χ2n) is 7.49. The topological polar surface area (TPSA) is 30.5 Å². The van der Waals surface area contributed by atoms with Crippen molar-refractivity contribution in [3.8, 4) is 11.5 Å². The lowest BCUT2D eigenvalue weighted by Gasteiger charge is -2.25. The standard InChI is InChI=1S/C23H22BrF2NO2/c1-13-8-15(16-9-22-23(10-18(16)24)29-12-28-22)6-7-21(14(13)2)27-11-17-19(25)4-3-5-20(17)26/h3-10,13-14,21,27H,11-12H2,1-2H3. The van der Waals surface area contributed by atoms with Crippen molar-refractivity contribution >= 4 is 21.5 Å². The first-order chi connectivity index (χ1) is 13.9. The van der Waals surface area contributed by atoms with Crippen molar-refractivity contribution < 1.29 is 18.3 Å². The monoisotopic (exact) mass is 461 g/mol. The zero-order valence-corrected chi connectivity index (χ0v) is 17.8. The molecule has 0 fully saturated rings. The number of allylic oxidation sites excluding steroid dienone is 3. The van der Waals surface area contributed by atoms with E-state index in [1.807, 2.05) is 12.1 Å². The van der Waals surface area contributed by atoms with Crippen LogP contribution in [-0.4, -0.2) is 12.8 Å². The van der Waals surface area contributed by atoms with Gasteiger partial charge in [-0.05, 0) is 47.2 Å². The van der Waals surface area contributed by atoms with E-state index in [-0.39, 0.29) is 36.8 Å². The largest absolute Gasteiger partial charge is 0.454 e. The Morgan fingerprint density at radius 2 is 1.79 bits per heavy atom. The molecule has 4 rings (SSSR count). The highest BCUT2D eigenvalue weighted by atomic mass is 79.9. The molecule has 3 nitrogen and oxygen atoms in total. The molecule has 1 N–H and O–H groups in total. The number of fused-ring (bicyclic) bond motifs is 1. The quantitative estimate of drug-likeness (QED) is 0.620. The Morgan fingerprint density at radius 3 is 2.52 bits per heavy atom. The van der Waals surface area contributed by atoms with Gasteiger partial charge in [-0.25, -0.2) is 8.78 Å². The van der Waals surface area contributed by atoms with Crippen molar-refractivity contribution in [1.82, 2.24) is 5.32 Å². The molecule has 0 bridgehead atoms. The van der Waals surface area contributed by atoms with Gasteiger partial charge in [0.25, 0.3) is 0 Å². The average molecular weight is 462 g/mol. The number of benzene rings is 2. The van der Waals surface area contributed by atoms with E-state index in [4.69, 9.17) is 9.47 Å². The molecule has 2 aromatic rings. The summed E-state index contributed by atoms with van der Waals surface area (Å²) in [6, 6.07) is 7.82. The Bertz CT molecular complexity index is 969. The fourth-order valence-electron chi connectivity index (χ4n) is 3.69. The number of ether oxygens (including phenoxy) is 2. The molecule has 2 aromatic carbocycles. The van der Waals surface area contributed by atoms with Crippen molar-refractivity contribution in [3.63, 3.8) is 0 Å². The molecule has 1 heterocycles. The summed E-state index contributed by atoms with van der Waals surface area (Å²) in [6.07, 6.45) is 6.34. The summed E-state index contributed by atoms with van der Waals surface area (Å²) < 4.78 is 39.8. The summed E-state index contributed by atoms with van der Waals surface area (Å²) in [6.45, 7) is 4.65. The van der Waals surface area contributed by atoms with Gasteiger partial charge in [0.15, 0.2) is 11.5 Å². The van der Waals surface area contributed by atoms with Gasteiger partial charge in [0.1, 0.15) is 11.6 Å². The van der Waals surface area contributed by atoms with Crippen LogP contribution < -0.4 is 14.8 Å². The van der Waals surface area contributed by atoms with Crippen molar-refractivity contribution in [2.24, 2.45) is 11.8 Å². The summed E-state index contributed by atoms with van der Waals surface area (Å²) in [5.41, 5.74) is 2.15. The molecule has 1 aliphatic heterocycles. The molecule has 29 heavy (non-hydrogen) atoms. The van der Waals surface area contributed by atoms with Gasteiger partial charge in [0.05, 0.1) is 0 Å². The molecule has 3 atom stereocenters. The smallest absolute Gasteiger partial charge is 0.231 e. The lowest BCUT2D eigenvalue weighted by molar-refractivity contribution is 0.174. The van der Waals surface area contributed by atoms with Gasteiger partial charge in [-0.1, -0.05) is 54.1 Å². The van der Waals surface area contributed by atoms with Gasteiger partial charge in [0, 0.05) is 22.6 Å². The maximum absolute atomic E-state index is 14.0. The van der Waals surface area contributed by atoms with Crippen molar-refractivity contribution in [2.75, 3.05) is 6.79 Å². The normalized spacial score (nSPS) is 23.1. The van der Waals surface area contributed by atoms with Crippen LogP contribution >= 0.6 is 15.9 Å². The van der Waals surface area contributed by atoms with E-state index in [2.05, 4.69) is 53.3 Å². The molecule has 152 valence electrons. The number of hydrogen-bond acceptors (Lipinski definition) is 3. The van der Waals surface area contributed by atoms with Crippen LogP contribution in [0.2, 0.25) is 0 Å². The molecule has 0 spiro atoms. The minimum Gasteiger partial charge on any atom is -0.454 e. The van der Waals surface area contributed by atoms with E-state index in [1.165, 1.54) is 18.2 Å². The predicted octanol–water partition coefficient (Wildman–Crippen LogP) is 5.84. The lowest BCUT2D eigenvalue weighted by atomic mass is 9.89. The van der Waals surface area contributed by atoms with Gasteiger partial charge < -0.3 is 14.8 Å². The van der Waals surface area contributed by atoms with Crippen LogP contribution in [-0.2, 0) is 6.54 Å². The molecule has 0 aromatic heterocycles. The maximum atomic E-state index is 14.0. The van der Waals surface area contributed by atoms with Crippen LogP contribution in [0.3, 0.4) is 0 Å². The first-order valence-corrected chi connectivity index (χ1v) is 10.4. The van der Waals surface area contributed by atoms with Gasteiger partial charge >= 0.3 is 0 Å². The summed E-state index contributed by atoms with van der Waals surface area (Å²) in [5.74, 6) is 0.892. The molecule has 0 radical (unpaired) electrons. The first kappa shape index (κ1) is 20.1. The second kappa shape index (κ2) is 8.28. The van der Waals surface area contributed by atoms with Crippen LogP contribution in [0.25, 0.3) is 5.57 Å². The Labute approximate surface area is 177 Å². The number of hydrogen-bond donors (Lipinski definition) is 1. The summed E-state index contributed by atoms with van der Waals surface area (Å²) in [7, 11) is 0. The Balaban J connectivity index is 1.57. The molecule has 0 saturated carbocycles. The Kier molecular flexibility index (Phi) is 5.74. The van der Waals surface area contributed by atoms with Crippen molar-refractivity contribution in [3.05, 3.63) is 75.8 Å². The molecule has 0 saturated heterocycles. The minimum absolute atomic E-state index is 0.0226. The van der Waals surface area contributed by atoms with E-state index in [9.17, 15) is 8.78 Å². The van der Waals surface area contributed by atoms with Crippen LogP contribution in [0.15, 0.2) is 53.0 Å². The van der Waals surface area contributed by atoms with E-state index in [0.717, 1.165) is 27.1 Å². The van der Waals surface area contributed by atoms with Gasteiger partial charge in [-0.3, -0.25) is 0 Å². The fraction of sp³-hybridized carbons (Fsp3) is 0.304. The van der Waals surface area contributed by atoms with Crippen molar-refractivity contribution in [1.29, 1.82) is 0 Å². The van der Waals surface area contributed by atoms with Gasteiger partial charge in [0.2, 0.25) is 6.79 Å². The van der Waals surface area contributed by atoms with Crippen LogP contribution in [0.1, 0.15) is 25.0 Å². The zero-order chi connectivity index (χ0) is 20.5. The van der Waals surface area contributed by atoms with E-state index in [0.29, 0.717) is 0 Å². The Hall–Kier alpha value is -2.18. The van der Waals surface area contributed by atoms with Crippen LogP contribution in [0.5, 0.6) is 11.5 Å². The molecule has 2 aliphatic rings. The highest BCUT2D eigenvalue weighted by molar-refractivity contribution is 9.10. The zero-order valence-electron chi connectivity index (χ0n) is 16.2. The predicted molar refractivity (Wildman–Crippen MR) is 113 cm³/mol. The molecule has 1 aliphatic carbocycles. The average Bonchev–Trinajstić information content (AvgIpc) is 3.09. The molecular weight excluding hydrogens is 440 g/mol. The fourth-order valence-corrected chi connectivity index (χ4v) is 4.24. The van der Waals surface area contributed by atoms with Crippen molar-refractivity contribution in [2.45, 2.75) is 26.4 Å². The summed E-state index contributed by atoms with van der Waals surface area (Å²) in [4.78, 5) is 0. The van der Waals surface area contributed by atoms with Gasteiger partial charge in [-0.2, -0.15) is 0 Å². The van der Waals surface area contributed by atoms with Crippen LogP contribution in [0, 0.1) is 23.5 Å². The summed E-state index contributed by atoms with van der Waals surface area (Å²) in [5, 5.41) is 3.31. The molecular formula is C23H22BrF2NO2. The third-order valence-corrected chi connectivity index (χ3v) is 6.33. The third kappa shape index (κ3) is 4.09. The highest BCUT2D eigenvalue weighted by Crippen LogP contribution is 2.41. The number of halogens is 3. The molecule has 6 heteroatoms. The lowest BCUT2D eigenvalue weighted by Crippen LogP contribution is -2.35. The summed E-state index contributed by atoms with van der Waals surface area (Å²) >= 11 is 3.63. The Morgan fingerprint density at radius 1 is 1.10 bits per heavy atom. The third-order valence-electron chi connectivity index (χ3n) is 5.67. The number of rotatable bonds is 4. The molecule has 0 amide bonds. The SMILES string of the molecule is CC1C=C(c2cc3c(cc2Br)OCO3)C=CC(NCc2c(F)cccc2F)C1C. The number of nitrogens with one attached hydrogen (secondary N) is 1.